The van der Waals surface area contributed by atoms with Crippen molar-refractivity contribution in [3.8, 4) is 11.5 Å². The van der Waals surface area contributed by atoms with Crippen molar-refractivity contribution in [3.63, 3.8) is 0 Å². The number of thiazole rings is 1. The van der Waals surface area contributed by atoms with Crippen LogP contribution in [0.25, 0.3) is 0 Å². The van der Waals surface area contributed by atoms with Crippen LogP contribution in [-0.2, 0) is 13.0 Å². The summed E-state index contributed by atoms with van der Waals surface area (Å²) in [6.45, 7) is 8.27. The maximum atomic E-state index is 5.64. The lowest BCUT2D eigenvalue weighted by atomic mass is 10.1. The number of nitrogens with one attached hydrogen (secondary N) is 2. The van der Waals surface area contributed by atoms with Crippen molar-refractivity contribution in [1.29, 1.82) is 0 Å². The third-order valence-electron chi connectivity index (χ3n) is 4.10. The Morgan fingerprint density at radius 2 is 2.04 bits per heavy atom. The fraction of sp³-hybridized carbons (Fsp3) is 0.500. The minimum atomic E-state index is 0.627. The Morgan fingerprint density at radius 3 is 2.67 bits per heavy atom. The summed E-state index contributed by atoms with van der Waals surface area (Å²) in [6.07, 6.45) is 1.96. The zero-order chi connectivity index (χ0) is 19.6. The van der Waals surface area contributed by atoms with Gasteiger partial charge in [-0.2, -0.15) is 0 Å². The Morgan fingerprint density at radius 1 is 1.22 bits per heavy atom. The molecule has 1 heterocycles. The van der Waals surface area contributed by atoms with E-state index in [2.05, 4.69) is 32.7 Å². The third-order valence-corrected chi connectivity index (χ3v) is 5.17. The number of guanidine groups is 1. The molecule has 1 aromatic heterocycles. The summed E-state index contributed by atoms with van der Waals surface area (Å²) in [5, 5.41) is 7.81. The summed E-state index contributed by atoms with van der Waals surface area (Å²) in [4.78, 5) is 9.99. The van der Waals surface area contributed by atoms with Crippen LogP contribution in [0.3, 0.4) is 0 Å². The molecule has 27 heavy (non-hydrogen) atoms. The number of hydrogen-bond acceptors (Lipinski definition) is 5. The standard InChI is InChI=1S/C20H30N4O2S/c1-6-26-18-12-16(9-10-17(18)25-5)8-7-11-22-20(21-4)23-13-19-14(2)24-15(3)27-19/h9-10,12H,6-8,11,13H2,1-5H3,(H2,21,22,23). The minimum absolute atomic E-state index is 0.627. The lowest BCUT2D eigenvalue weighted by Crippen LogP contribution is -2.37. The van der Waals surface area contributed by atoms with Crippen LogP contribution in [0.15, 0.2) is 23.2 Å². The van der Waals surface area contributed by atoms with E-state index in [0.717, 1.165) is 54.1 Å². The van der Waals surface area contributed by atoms with Gasteiger partial charge in [0.15, 0.2) is 17.5 Å². The van der Waals surface area contributed by atoms with E-state index in [0.29, 0.717) is 6.61 Å². The number of aromatic nitrogens is 1. The normalized spacial score (nSPS) is 11.4. The Bertz CT molecular complexity index is 758. The largest absolute Gasteiger partial charge is 0.493 e. The summed E-state index contributed by atoms with van der Waals surface area (Å²) in [7, 11) is 3.45. The van der Waals surface area contributed by atoms with Crippen LogP contribution in [0, 0.1) is 13.8 Å². The molecule has 0 bridgehead atoms. The molecular formula is C20H30N4O2S. The van der Waals surface area contributed by atoms with E-state index < -0.39 is 0 Å². The number of nitrogens with zero attached hydrogens (tertiary/aromatic N) is 2. The van der Waals surface area contributed by atoms with E-state index in [1.165, 1.54) is 10.4 Å². The molecule has 0 aliphatic heterocycles. The monoisotopic (exact) mass is 390 g/mol. The average Bonchev–Trinajstić information content (AvgIpc) is 2.99. The predicted octanol–water partition coefficient (Wildman–Crippen LogP) is 3.47. The number of methoxy groups -OCH3 is 1. The number of hydrogen-bond donors (Lipinski definition) is 2. The smallest absolute Gasteiger partial charge is 0.191 e. The van der Waals surface area contributed by atoms with Gasteiger partial charge in [-0.05, 0) is 51.3 Å². The molecule has 0 aliphatic rings. The fourth-order valence-electron chi connectivity index (χ4n) is 2.77. The van der Waals surface area contributed by atoms with Gasteiger partial charge in [-0.25, -0.2) is 4.98 Å². The van der Waals surface area contributed by atoms with Crippen LogP contribution in [0.2, 0.25) is 0 Å². The zero-order valence-electron chi connectivity index (χ0n) is 16.9. The van der Waals surface area contributed by atoms with E-state index in [4.69, 9.17) is 9.47 Å². The molecule has 2 N–H and O–H groups in total. The second kappa shape index (κ2) is 10.8. The van der Waals surface area contributed by atoms with Crippen LogP contribution in [-0.4, -0.2) is 38.3 Å². The summed E-state index contributed by atoms with van der Waals surface area (Å²) >= 11 is 1.72. The van der Waals surface area contributed by atoms with Gasteiger partial charge >= 0.3 is 0 Å². The molecule has 7 heteroatoms. The molecule has 2 aromatic rings. The average molecular weight is 391 g/mol. The highest BCUT2D eigenvalue weighted by molar-refractivity contribution is 7.11. The Labute approximate surface area is 166 Å². The van der Waals surface area contributed by atoms with Gasteiger partial charge in [0.1, 0.15) is 0 Å². The van der Waals surface area contributed by atoms with E-state index in [-0.39, 0.29) is 0 Å². The second-order valence-corrected chi connectivity index (χ2v) is 7.40. The first kappa shape index (κ1) is 21.0. The molecular weight excluding hydrogens is 360 g/mol. The summed E-state index contributed by atoms with van der Waals surface area (Å²) < 4.78 is 11.0. The molecule has 0 saturated carbocycles. The van der Waals surface area contributed by atoms with Gasteiger partial charge in [-0.3, -0.25) is 4.99 Å². The number of aliphatic imine (C=N–C) groups is 1. The number of benzene rings is 1. The first-order valence-electron chi connectivity index (χ1n) is 9.24. The molecule has 0 amide bonds. The van der Waals surface area contributed by atoms with Gasteiger partial charge in [-0.15, -0.1) is 11.3 Å². The zero-order valence-corrected chi connectivity index (χ0v) is 17.7. The topological polar surface area (TPSA) is 67.8 Å². The molecule has 0 spiro atoms. The van der Waals surface area contributed by atoms with Crippen molar-refractivity contribution >= 4 is 17.3 Å². The fourth-order valence-corrected chi connectivity index (χ4v) is 3.64. The Balaban J connectivity index is 1.77. The van der Waals surface area contributed by atoms with Crippen LogP contribution in [0.1, 0.15) is 34.5 Å². The molecule has 0 atom stereocenters. The van der Waals surface area contributed by atoms with Crippen LogP contribution < -0.4 is 20.1 Å². The minimum Gasteiger partial charge on any atom is -0.493 e. The summed E-state index contributed by atoms with van der Waals surface area (Å²) in [6, 6.07) is 6.11. The molecule has 1 aromatic carbocycles. The number of rotatable bonds is 9. The van der Waals surface area contributed by atoms with Crippen molar-refractivity contribution in [2.24, 2.45) is 4.99 Å². The van der Waals surface area contributed by atoms with Gasteiger partial charge in [0.2, 0.25) is 0 Å². The summed E-state index contributed by atoms with van der Waals surface area (Å²) in [5.41, 5.74) is 2.32. The van der Waals surface area contributed by atoms with Gasteiger partial charge in [0.25, 0.3) is 0 Å². The molecule has 6 nitrogen and oxygen atoms in total. The maximum absolute atomic E-state index is 5.64. The van der Waals surface area contributed by atoms with Crippen molar-refractivity contribution in [2.75, 3.05) is 27.3 Å². The number of ether oxygens (including phenoxy) is 2. The van der Waals surface area contributed by atoms with E-state index in [1.54, 1.807) is 25.5 Å². The van der Waals surface area contributed by atoms with E-state index in [1.807, 2.05) is 26.8 Å². The van der Waals surface area contributed by atoms with Crippen molar-refractivity contribution in [2.45, 2.75) is 40.2 Å². The van der Waals surface area contributed by atoms with Gasteiger partial charge in [0, 0.05) is 18.5 Å². The van der Waals surface area contributed by atoms with Gasteiger partial charge in [0.05, 0.1) is 31.0 Å². The van der Waals surface area contributed by atoms with Crippen molar-refractivity contribution in [1.82, 2.24) is 15.6 Å². The SMILES string of the molecule is CCOc1cc(CCCNC(=NC)NCc2sc(C)nc2C)ccc1OC. The first-order chi connectivity index (χ1) is 13.1. The quantitative estimate of drug-likeness (QED) is 0.390. The van der Waals surface area contributed by atoms with Crippen LogP contribution in [0.4, 0.5) is 0 Å². The molecule has 148 valence electrons. The van der Waals surface area contributed by atoms with Crippen molar-refractivity contribution < 1.29 is 9.47 Å². The maximum Gasteiger partial charge on any atom is 0.191 e. The molecule has 0 radical (unpaired) electrons. The molecule has 2 rings (SSSR count). The van der Waals surface area contributed by atoms with Gasteiger partial charge in [-0.1, -0.05) is 6.07 Å². The lowest BCUT2D eigenvalue weighted by molar-refractivity contribution is 0.310. The highest BCUT2D eigenvalue weighted by Crippen LogP contribution is 2.28. The lowest BCUT2D eigenvalue weighted by Gasteiger charge is -2.13. The molecule has 0 fully saturated rings. The highest BCUT2D eigenvalue weighted by atomic mass is 32.1. The summed E-state index contributed by atoms with van der Waals surface area (Å²) in [5.74, 6) is 2.39. The van der Waals surface area contributed by atoms with E-state index >= 15 is 0 Å². The first-order valence-corrected chi connectivity index (χ1v) is 10.1. The van der Waals surface area contributed by atoms with Crippen LogP contribution >= 0.6 is 11.3 Å². The van der Waals surface area contributed by atoms with Crippen LogP contribution in [0.5, 0.6) is 11.5 Å². The number of aryl methyl sites for hydroxylation is 3. The second-order valence-electron chi connectivity index (χ2n) is 6.12. The van der Waals surface area contributed by atoms with Crippen molar-refractivity contribution in [3.05, 3.63) is 39.3 Å². The van der Waals surface area contributed by atoms with Gasteiger partial charge < -0.3 is 20.1 Å². The molecule has 0 aliphatic carbocycles. The molecule has 0 saturated heterocycles. The van der Waals surface area contributed by atoms with E-state index in [9.17, 15) is 0 Å². The highest BCUT2D eigenvalue weighted by Gasteiger charge is 2.07. The third kappa shape index (κ3) is 6.43. The predicted molar refractivity (Wildman–Crippen MR) is 112 cm³/mol. The Hall–Kier alpha value is -2.28. The Kier molecular flexibility index (Phi) is 8.39. The molecule has 0 unspecified atom stereocenters.